The summed E-state index contributed by atoms with van der Waals surface area (Å²) in [6.07, 6.45) is 3.22. The van der Waals surface area contributed by atoms with Crippen molar-refractivity contribution < 1.29 is 14.4 Å². The highest BCUT2D eigenvalue weighted by atomic mass is 16.2. The highest BCUT2D eigenvalue weighted by molar-refractivity contribution is 6.19. The fraction of sp³-hybridized carbons (Fsp3) is 0.786. The molecule has 1 aliphatic heterocycles. The lowest BCUT2D eigenvalue weighted by Crippen LogP contribution is -2.65. The van der Waals surface area contributed by atoms with Crippen molar-refractivity contribution in [3.63, 3.8) is 0 Å². The fourth-order valence-electron chi connectivity index (χ4n) is 2.75. The highest BCUT2D eigenvalue weighted by Gasteiger charge is 2.52. The maximum absolute atomic E-state index is 12.6. The van der Waals surface area contributed by atoms with E-state index >= 15 is 0 Å². The average molecular weight is 268 g/mol. The van der Waals surface area contributed by atoms with Crippen molar-refractivity contribution in [2.75, 3.05) is 0 Å². The normalized spacial score (nSPS) is 20.4. The zero-order valence-electron chi connectivity index (χ0n) is 12.3. The Balaban J connectivity index is 3.14. The third kappa shape index (κ3) is 2.51. The predicted molar refractivity (Wildman–Crippen MR) is 72.4 cm³/mol. The molecule has 0 aromatic carbocycles. The maximum atomic E-state index is 12.6. The molecular formula is C14H24N2O3. The summed E-state index contributed by atoms with van der Waals surface area (Å²) in [5.74, 6) is -0.776. The van der Waals surface area contributed by atoms with Gasteiger partial charge in [-0.1, -0.05) is 34.1 Å². The monoisotopic (exact) mass is 268 g/mol. The lowest BCUT2D eigenvalue weighted by Gasteiger charge is -2.41. The second kappa shape index (κ2) is 6.17. The molecule has 5 heteroatoms. The minimum atomic E-state index is -1.07. The van der Waals surface area contributed by atoms with Crippen molar-refractivity contribution in [1.29, 1.82) is 0 Å². The number of hydrogen-bond acceptors (Lipinski definition) is 3. The van der Waals surface area contributed by atoms with Gasteiger partial charge < -0.3 is 0 Å². The Morgan fingerprint density at radius 3 is 2.11 bits per heavy atom. The van der Waals surface area contributed by atoms with Crippen molar-refractivity contribution in [3.05, 3.63) is 0 Å². The van der Waals surface area contributed by atoms with Crippen LogP contribution in [0.1, 0.15) is 59.8 Å². The molecule has 5 nitrogen and oxygen atoms in total. The van der Waals surface area contributed by atoms with Crippen LogP contribution < -0.4 is 5.32 Å². The van der Waals surface area contributed by atoms with Crippen molar-refractivity contribution in [2.24, 2.45) is 5.41 Å². The van der Waals surface area contributed by atoms with Crippen LogP contribution in [-0.4, -0.2) is 28.8 Å². The molecule has 1 unspecified atom stereocenters. The number of amides is 4. The first-order valence-electron chi connectivity index (χ1n) is 7.17. The van der Waals surface area contributed by atoms with Gasteiger partial charge >= 0.3 is 6.03 Å². The summed E-state index contributed by atoms with van der Waals surface area (Å²) in [6.45, 7) is 7.61. The number of imide groups is 2. The van der Waals surface area contributed by atoms with Crippen molar-refractivity contribution in [3.8, 4) is 0 Å². The molecule has 0 aromatic heterocycles. The molecule has 19 heavy (non-hydrogen) atoms. The summed E-state index contributed by atoms with van der Waals surface area (Å²) < 4.78 is 0. The zero-order chi connectivity index (χ0) is 14.6. The van der Waals surface area contributed by atoms with Crippen molar-refractivity contribution in [2.45, 2.75) is 65.8 Å². The molecule has 1 aliphatic rings. The Morgan fingerprint density at radius 1 is 1.11 bits per heavy atom. The molecule has 1 saturated heterocycles. The van der Waals surface area contributed by atoms with E-state index in [0.717, 1.165) is 12.8 Å². The summed E-state index contributed by atoms with van der Waals surface area (Å²) in [5, 5.41) is 2.35. The van der Waals surface area contributed by atoms with Crippen LogP contribution in [0.3, 0.4) is 0 Å². The molecule has 1 atom stereocenters. The summed E-state index contributed by atoms with van der Waals surface area (Å²) in [4.78, 5) is 37.9. The van der Waals surface area contributed by atoms with Gasteiger partial charge in [-0.05, 0) is 25.7 Å². The second-order valence-corrected chi connectivity index (χ2v) is 5.07. The van der Waals surface area contributed by atoms with Gasteiger partial charge in [-0.3, -0.25) is 19.8 Å². The molecule has 4 amide bonds. The Hall–Kier alpha value is -1.39. The Morgan fingerprint density at radius 2 is 1.68 bits per heavy atom. The van der Waals surface area contributed by atoms with Gasteiger partial charge in [0, 0.05) is 6.04 Å². The smallest absolute Gasteiger partial charge is 0.277 e. The van der Waals surface area contributed by atoms with Crippen LogP contribution in [-0.2, 0) is 9.59 Å². The second-order valence-electron chi connectivity index (χ2n) is 5.07. The van der Waals surface area contributed by atoms with E-state index in [2.05, 4.69) is 5.32 Å². The molecule has 0 spiro atoms. The first kappa shape index (κ1) is 15.7. The standard InChI is InChI=1S/C14H24N2O3/c1-5-9-10(6-2)16-12(18)14(7-3,8-4)11(17)15-13(16)19/h10H,5-9H2,1-4H3,(H,15,17,19). The minimum absolute atomic E-state index is 0.122. The zero-order valence-corrected chi connectivity index (χ0v) is 12.3. The molecule has 1 fully saturated rings. The third-order valence-electron chi connectivity index (χ3n) is 4.17. The van der Waals surface area contributed by atoms with Gasteiger partial charge in [0.05, 0.1) is 0 Å². The van der Waals surface area contributed by atoms with E-state index in [-0.39, 0.29) is 11.9 Å². The van der Waals surface area contributed by atoms with Crippen LogP contribution in [0.5, 0.6) is 0 Å². The van der Waals surface area contributed by atoms with E-state index in [4.69, 9.17) is 0 Å². The number of carbonyl (C=O) groups excluding carboxylic acids is 3. The SMILES string of the molecule is CCCC(CC)N1C(=O)NC(=O)C(CC)(CC)C1=O. The van der Waals surface area contributed by atoms with Crippen LogP contribution in [0, 0.1) is 5.41 Å². The molecule has 0 aromatic rings. The summed E-state index contributed by atoms with van der Waals surface area (Å²) in [5.41, 5.74) is -1.07. The van der Waals surface area contributed by atoms with Crippen LogP contribution in [0.2, 0.25) is 0 Å². The molecular weight excluding hydrogens is 244 g/mol. The van der Waals surface area contributed by atoms with E-state index in [9.17, 15) is 14.4 Å². The molecule has 0 bridgehead atoms. The first-order chi connectivity index (χ1) is 8.98. The number of urea groups is 1. The lowest BCUT2D eigenvalue weighted by atomic mass is 9.78. The molecule has 1 N–H and O–H groups in total. The molecule has 0 aliphatic carbocycles. The fourth-order valence-corrected chi connectivity index (χ4v) is 2.75. The van der Waals surface area contributed by atoms with Gasteiger partial charge in [-0.2, -0.15) is 0 Å². The first-order valence-corrected chi connectivity index (χ1v) is 7.17. The molecule has 108 valence electrons. The average Bonchev–Trinajstić information content (AvgIpc) is 2.39. The highest BCUT2D eigenvalue weighted by Crippen LogP contribution is 2.34. The minimum Gasteiger partial charge on any atom is -0.277 e. The topological polar surface area (TPSA) is 66.5 Å². The van der Waals surface area contributed by atoms with Crippen LogP contribution in [0.15, 0.2) is 0 Å². The van der Waals surface area contributed by atoms with Gasteiger partial charge in [0.2, 0.25) is 11.8 Å². The number of barbiturate groups is 1. The Labute approximate surface area is 114 Å². The van der Waals surface area contributed by atoms with Gasteiger partial charge in [-0.15, -0.1) is 0 Å². The largest absolute Gasteiger partial charge is 0.331 e. The molecule has 1 rings (SSSR count). The number of nitrogens with one attached hydrogen (secondary N) is 1. The number of hydrogen-bond donors (Lipinski definition) is 1. The van der Waals surface area contributed by atoms with E-state index in [1.807, 2.05) is 27.7 Å². The van der Waals surface area contributed by atoms with E-state index in [1.54, 1.807) is 0 Å². The number of nitrogens with zero attached hydrogens (tertiary/aromatic N) is 1. The molecule has 1 heterocycles. The summed E-state index contributed by atoms with van der Waals surface area (Å²) in [6, 6.07) is -0.684. The Kier molecular flexibility index (Phi) is 5.09. The van der Waals surface area contributed by atoms with Crippen LogP contribution in [0.4, 0.5) is 4.79 Å². The van der Waals surface area contributed by atoms with E-state index < -0.39 is 17.4 Å². The molecule has 0 radical (unpaired) electrons. The Bertz CT molecular complexity index is 375. The van der Waals surface area contributed by atoms with E-state index in [1.165, 1.54) is 4.90 Å². The van der Waals surface area contributed by atoms with Crippen molar-refractivity contribution >= 4 is 17.8 Å². The quantitative estimate of drug-likeness (QED) is 0.752. The van der Waals surface area contributed by atoms with Gasteiger partial charge in [-0.25, -0.2) is 4.79 Å². The van der Waals surface area contributed by atoms with Crippen LogP contribution >= 0.6 is 0 Å². The van der Waals surface area contributed by atoms with Crippen LogP contribution in [0.25, 0.3) is 0 Å². The van der Waals surface area contributed by atoms with E-state index in [0.29, 0.717) is 19.3 Å². The predicted octanol–water partition coefficient (Wildman–Crippen LogP) is 2.45. The van der Waals surface area contributed by atoms with Gasteiger partial charge in [0.25, 0.3) is 0 Å². The third-order valence-corrected chi connectivity index (χ3v) is 4.17. The molecule has 0 saturated carbocycles. The number of carbonyl (C=O) groups is 3. The van der Waals surface area contributed by atoms with Gasteiger partial charge in [0.1, 0.15) is 5.41 Å². The van der Waals surface area contributed by atoms with Crippen molar-refractivity contribution in [1.82, 2.24) is 10.2 Å². The van der Waals surface area contributed by atoms with Gasteiger partial charge in [0.15, 0.2) is 0 Å². The lowest BCUT2D eigenvalue weighted by molar-refractivity contribution is -0.153. The maximum Gasteiger partial charge on any atom is 0.331 e. The number of rotatable bonds is 6. The summed E-state index contributed by atoms with van der Waals surface area (Å²) in [7, 11) is 0. The summed E-state index contributed by atoms with van der Waals surface area (Å²) >= 11 is 0.